The maximum atomic E-state index is 12.8. The lowest BCUT2D eigenvalue weighted by molar-refractivity contribution is -0.197. The van der Waals surface area contributed by atoms with Crippen LogP contribution in [0.15, 0.2) is 30.3 Å². The molecule has 2 saturated carbocycles. The average Bonchev–Trinajstić information content (AvgIpc) is 2.33. The molecule has 1 aromatic carbocycles. The summed E-state index contributed by atoms with van der Waals surface area (Å²) in [4.78, 5) is 11.6. The largest absolute Gasteiger partial charge is 0.445 e. The molecule has 3 rings (SSSR count). The highest BCUT2D eigenvalue weighted by Gasteiger charge is 2.62. The van der Waals surface area contributed by atoms with Gasteiger partial charge in [-0.2, -0.15) is 0 Å². The minimum atomic E-state index is -2.49. The molecule has 2 fully saturated rings. The molecule has 0 saturated heterocycles. The number of hydrogen-bond acceptors (Lipinski definition) is 2. The molecule has 0 atom stereocenters. The number of alkyl carbamates (subject to hydrolysis) is 1. The highest BCUT2D eigenvalue weighted by molar-refractivity contribution is 5.67. The number of hydrogen-bond donors (Lipinski definition) is 1. The molecule has 0 aliphatic heterocycles. The summed E-state index contributed by atoms with van der Waals surface area (Å²) in [7, 11) is 0. The molecule has 20 heavy (non-hydrogen) atoms. The van der Waals surface area contributed by atoms with E-state index in [4.69, 9.17) is 4.74 Å². The second-order valence-electron chi connectivity index (χ2n) is 6.02. The molecule has 0 aromatic heterocycles. The van der Waals surface area contributed by atoms with E-state index in [1.807, 2.05) is 30.3 Å². The van der Waals surface area contributed by atoms with Crippen LogP contribution >= 0.6 is 0 Å². The summed E-state index contributed by atoms with van der Waals surface area (Å²) < 4.78 is 30.8. The van der Waals surface area contributed by atoms with Crippen molar-refractivity contribution in [3.63, 3.8) is 0 Å². The van der Waals surface area contributed by atoms with Crippen LogP contribution in [0.5, 0.6) is 0 Å². The van der Waals surface area contributed by atoms with Gasteiger partial charge in [-0.3, -0.25) is 0 Å². The van der Waals surface area contributed by atoms with Crippen LogP contribution in [0.25, 0.3) is 0 Å². The molecule has 3 nitrogen and oxygen atoms in total. The Morgan fingerprint density at radius 2 is 1.90 bits per heavy atom. The van der Waals surface area contributed by atoms with Gasteiger partial charge >= 0.3 is 6.09 Å². The second-order valence-corrected chi connectivity index (χ2v) is 6.02. The second kappa shape index (κ2) is 4.72. The summed E-state index contributed by atoms with van der Waals surface area (Å²) in [6, 6.07) is 9.39. The highest BCUT2D eigenvalue weighted by Crippen LogP contribution is 2.62. The van der Waals surface area contributed by atoms with Crippen molar-refractivity contribution in [1.29, 1.82) is 0 Å². The van der Waals surface area contributed by atoms with Gasteiger partial charge < -0.3 is 10.1 Å². The number of rotatable bonds is 3. The van der Waals surface area contributed by atoms with Crippen molar-refractivity contribution >= 4 is 6.09 Å². The van der Waals surface area contributed by atoms with Gasteiger partial charge in [-0.1, -0.05) is 30.3 Å². The van der Waals surface area contributed by atoms with Crippen molar-refractivity contribution in [2.75, 3.05) is 0 Å². The number of benzene rings is 1. The smallest absolute Gasteiger partial charge is 0.407 e. The van der Waals surface area contributed by atoms with E-state index in [0.29, 0.717) is 12.8 Å². The number of carbonyl (C=O) groups is 1. The van der Waals surface area contributed by atoms with E-state index in [-0.39, 0.29) is 30.9 Å². The summed E-state index contributed by atoms with van der Waals surface area (Å²) in [6.07, 6.45) is 0.750. The van der Waals surface area contributed by atoms with Crippen molar-refractivity contribution in [3.8, 4) is 0 Å². The molecule has 0 unspecified atom stereocenters. The monoisotopic (exact) mass is 281 g/mol. The van der Waals surface area contributed by atoms with E-state index in [1.165, 1.54) is 0 Å². The summed E-state index contributed by atoms with van der Waals surface area (Å²) in [5, 5.41) is 2.73. The van der Waals surface area contributed by atoms with Crippen LogP contribution in [0.4, 0.5) is 13.6 Å². The molecule has 1 N–H and O–H groups in total. The molecule has 2 aliphatic rings. The Hall–Kier alpha value is -1.65. The maximum Gasteiger partial charge on any atom is 0.407 e. The van der Waals surface area contributed by atoms with Crippen molar-refractivity contribution in [3.05, 3.63) is 35.9 Å². The SMILES string of the molecule is O=C(NC1CC2(C1)CC(F)(F)C2)OCc1ccccc1. The first-order chi connectivity index (χ1) is 9.46. The van der Waals surface area contributed by atoms with Crippen LogP contribution in [-0.4, -0.2) is 18.1 Å². The van der Waals surface area contributed by atoms with E-state index < -0.39 is 12.0 Å². The van der Waals surface area contributed by atoms with Gasteiger partial charge in [0.1, 0.15) is 6.61 Å². The lowest BCUT2D eigenvalue weighted by Gasteiger charge is -2.57. The predicted molar refractivity (Wildman–Crippen MR) is 69.4 cm³/mol. The first kappa shape index (κ1) is 13.3. The Labute approximate surface area is 116 Å². The molecule has 0 radical (unpaired) electrons. The fraction of sp³-hybridized carbons (Fsp3) is 0.533. The Kier molecular flexibility index (Phi) is 3.15. The maximum absolute atomic E-state index is 12.8. The van der Waals surface area contributed by atoms with Crippen molar-refractivity contribution in [1.82, 2.24) is 5.32 Å². The minimum Gasteiger partial charge on any atom is -0.445 e. The molecular weight excluding hydrogens is 264 g/mol. The fourth-order valence-corrected chi connectivity index (χ4v) is 3.35. The van der Waals surface area contributed by atoms with E-state index in [9.17, 15) is 13.6 Å². The van der Waals surface area contributed by atoms with Crippen LogP contribution in [0, 0.1) is 5.41 Å². The van der Waals surface area contributed by atoms with E-state index in [2.05, 4.69) is 5.32 Å². The van der Waals surface area contributed by atoms with Crippen LogP contribution < -0.4 is 5.32 Å². The minimum absolute atomic E-state index is 0.0191. The molecule has 0 heterocycles. The first-order valence-corrected chi connectivity index (χ1v) is 6.82. The van der Waals surface area contributed by atoms with Crippen LogP contribution in [-0.2, 0) is 11.3 Å². The predicted octanol–water partition coefficient (Wildman–Crippen LogP) is 3.49. The Bertz CT molecular complexity index is 488. The molecule has 1 aromatic rings. The number of carbonyl (C=O) groups excluding carboxylic acids is 1. The van der Waals surface area contributed by atoms with Crippen LogP contribution in [0.1, 0.15) is 31.2 Å². The molecule has 0 bridgehead atoms. The van der Waals surface area contributed by atoms with Gasteiger partial charge in [0, 0.05) is 18.9 Å². The number of ether oxygens (including phenoxy) is 1. The number of halogens is 2. The number of alkyl halides is 2. The standard InChI is InChI=1S/C15H17F2NO2/c16-15(17)9-14(10-15)6-12(7-14)18-13(19)20-8-11-4-2-1-3-5-11/h1-5,12H,6-10H2,(H,18,19). The molecular formula is C15H17F2NO2. The Balaban J connectivity index is 1.37. The topological polar surface area (TPSA) is 38.3 Å². The van der Waals surface area contributed by atoms with Gasteiger partial charge in [-0.15, -0.1) is 0 Å². The highest BCUT2D eigenvalue weighted by atomic mass is 19.3. The quantitative estimate of drug-likeness (QED) is 0.921. The van der Waals surface area contributed by atoms with Gasteiger partial charge in [-0.05, 0) is 23.8 Å². The summed E-state index contributed by atoms with van der Waals surface area (Å²) >= 11 is 0. The number of nitrogens with one attached hydrogen (secondary N) is 1. The van der Waals surface area contributed by atoms with Gasteiger partial charge in [0.05, 0.1) is 0 Å². The molecule has 108 valence electrons. The first-order valence-electron chi connectivity index (χ1n) is 6.82. The van der Waals surface area contributed by atoms with E-state index in [0.717, 1.165) is 5.56 Å². The van der Waals surface area contributed by atoms with Gasteiger partial charge in [0.15, 0.2) is 0 Å². The van der Waals surface area contributed by atoms with E-state index in [1.54, 1.807) is 0 Å². The zero-order valence-corrected chi connectivity index (χ0v) is 11.1. The van der Waals surface area contributed by atoms with Gasteiger partial charge in [0.25, 0.3) is 0 Å². The summed E-state index contributed by atoms with van der Waals surface area (Å²) in [5.74, 6) is -2.49. The zero-order valence-electron chi connectivity index (χ0n) is 11.1. The zero-order chi connectivity index (χ0) is 14.2. The fourth-order valence-electron chi connectivity index (χ4n) is 3.35. The molecule has 1 spiro atoms. The third kappa shape index (κ3) is 2.76. The lowest BCUT2D eigenvalue weighted by Crippen LogP contribution is -2.59. The van der Waals surface area contributed by atoms with Crippen molar-refractivity contribution in [2.24, 2.45) is 5.41 Å². The third-order valence-electron chi connectivity index (χ3n) is 4.16. The van der Waals surface area contributed by atoms with Crippen LogP contribution in [0.2, 0.25) is 0 Å². The lowest BCUT2D eigenvalue weighted by atomic mass is 9.52. The molecule has 5 heteroatoms. The normalized spacial score (nSPS) is 22.7. The Morgan fingerprint density at radius 1 is 1.25 bits per heavy atom. The third-order valence-corrected chi connectivity index (χ3v) is 4.16. The number of amides is 1. The average molecular weight is 281 g/mol. The summed E-state index contributed by atoms with van der Waals surface area (Å²) in [6.45, 7) is 0.225. The van der Waals surface area contributed by atoms with Crippen LogP contribution in [0.3, 0.4) is 0 Å². The molecule has 2 aliphatic carbocycles. The Morgan fingerprint density at radius 3 is 2.50 bits per heavy atom. The van der Waals surface area contributed by atoms with Crippen molar-refractivity contribution < 1.29 is 18.3 Å². The van der Waals surface area contributed by atoms with Crippen molar-refractivity contribution in [2.45, 2.75) is 44.3 Å². The van der Waals surface area contributed by atoms with Gasteiger partial charge in [-0.25, -0.2) is 13.6 Å². The summed E-state index contributed by atoms with van der Waals surface area (Å²) in [5.41, 5.74) is 0.701. The van der Waals surface area contributed by atoms with E-state index >= 15 is 0 Å². The molecule has 1 amide bonds. The van der Waals surface area contributed by atoms with Gasteiger partial charge in [0.2, 0.25) is 5.92 Å².